The van der Waals surface area contributed by atoms with Gasteiger partial charge < -0.3 is 14.8 Å². The maximum Gasteiger partial charge on any atom is 0.251 e. The van der Waals surface area contributed by atoms with E-state index in [-0.39, 0.29) is 24.7 Å². The molecule has 33 heavy (non-hydrogen) atoms. The number of ether oxygens (including phenoxy) is 2. The van der Waals surface area contributed by atoms with E-state index in [2.05, 4.69) is 5.32 Å². The first-order chi connectivity index (χ1) is 15.8. The van der Waals surface area contributed by atoms with Crippen molar-refractivity contribution in [1.29, 1.82) is 0 Å². The number of amides is 1. The molecular formula is C24H25FN2O5S. The van der Waals surface area contributed by atoms with Gasteiger partial charge >= 0.3 is 0 Å². The van der Waals surface area contributed by atoms with E-state index in [9.17, 15) is 17.6 Å². The lowest BCUT2D eigenvalue weighted by Crippen LogP contribution is -2.30. The second kappa shape index (κ2) is 10.8. The van der Waals surface area contributed by atoms with Crippen molar-refractivity contribution in [2.24, 2.45) is 0 Å². The number of para-hydroxylation sites is 1. The highest BCUT2D eigenvalue weighted by Gasteiger charge is 2.21. The van der Waals surface area contributed by atoms with E-state index in [1.807, 2.05) is 12.1 Å². The number of hydrogen-bond acceptors (Lipinski definition) is 5. The van der Waals surface area contributed by atoms with Crippen molar-refractivity contribution in [2.75, 3.05) is 30.8 Å². The van der Waals surface area contributed by atoms with Crippen molar-refractivity contribution in [3.05, 3.63) is 89.7 Å². The minimum Gasteiger partial charge on any atom is -0.497 e. The predicted octanol–water partition coefficient (Wildman–Crippen LogP) is 3.61. The molecule has 3 rings (SSSR count). The van der Waals surface area contributed by atoms with Gasteiger partial charge in [-0.3, -0.25) is 9.10 Å². The van der Waals surface area contributed by atoms with Gasteiger partial charge in [0, 0.05) is 11.6 Å². The van der Waals surface area contributed by atoms with Crippen molar-refractivity contribution in [3.8, 4) is 11.5 Å². The first-order valence-electron chi connectivity index (χ1n) is 10.1. The van der Waals surface area contributed by atoms with Crippen LogP contribution in [0.4, 0.5) is 10.1 Å². The summed E-state index contributed by atoms with van der Waals surface area (Å²) in [6.07, 6.45) is 1.02. The van der Waals surface area contributed by atoms with Gasteiger partial charge in [0.1, 0.15) is 23.9 Å². The Kier molecular flexibility index (Phi) is 7.89. The summed E-state index contributed by atoms with van der Waals surface area (Å²) in [4.78, 5) is 12.4. The van der Waals surface area contributed by atoms with Crippen molar-refractivity contribution >= 4 is 21.6 Å². The number of methoxy groups -OCH3 is 1. The number of hydrogen-bond donors (Lipinski definition) is 1. The Balaban J connectivity index is 1.57. The van der Waals surface area contributed by atoms with Crippen LogP contribution in [0.1, 0.15) is 15.9 Å². The largest absolute Gasteiger partial charge is 0.497 e. The monoisotopic (exact) mass is 472 g/mol. The summed E-state index contributed by atoms with van der Waals surface area (Å²) in [7, 11) is -2.14. The van der Waals surface area contributed by atoms with E-state index in [0.717, 1.165) is 10.6 Å². The first-order valence-corrected chi connectivity index (χ1v) is 12.0. The molecule has 0 atom stereocenters. The number of anilines is 1. The number of benzene rings is 3. The third kappa shape index (κ3) is 6.69. The Morgan fingerprint density at radius 3 is 2.36 bits per heavy atom. The Bertz CT molecular complexity index is 1200. The molecule has 0 bridgehead atoms. The Labute approximate surface area is 192 Å². The van der Waals surface area contributed by atoms with Crippen molar-refractivity contribution in [3.63, 3.8) is 0 Å². The zero-order valence-corrected chi connectivity index (χ0v) is 19.1. The lowest BCUT2D eigenvalue weighted by atomic mass is 10.1. The van der Waals surface area contributed by atoms with Crippen LogP contribution < -0.4 is 19.1 Å². The predicted molar refractivity (Wildman–Crippen MR) is 125 cm³/mol. The third-order valence-corrected chi connectivity index (χ3v) is 5.89. The standard InChI is InChI=1S/C24H25FN2O5S/c1-31-20-6-5-7-21(16-20)32-15-14-26-24(28)19-12-10-18(11-13-19)17-27(33(2,29)30)23-9-4-3-8-22(23)25/h3-13,16H,14-15,17H2,1-2H3,(H,26,28). The number of carbonyl (C=O) groups is 1. The zero-order valence-electron chi connectivity index (χ0n) is 18.3. The molecule has 0 aromatic heterocycles. The molecule has 0 aliphatic carbocycles. The highest BCUT2D eigenvalue weighted by atomic mass is 32.2. The minimum atomic E-state index is -3.72. The van der Waals surface area contributed by atoms with Gasteiger partial charge in [0.15, 0.2) is 0 Å². The van der Waals surface area contributed by atoms with Crippen LogP contribution in [0.25, 0.3) is 0 Å². The topological polar surface area (TPSA) is 84.9 Å². The smallest absolute Gasteiger partial charge is 0.251 e. The van der Waals surface area contributed by atoms with Crippen LogP contribution in [0.3, 0.4) is 0 Å². The van der Waals surface area contributed by atoms with Crippen LogP contribution in [-0.4, -0.2) is 40.8 Å². The average molecular weight is 473 g/mol. The highest BCUT2D eigenvalue weighted by Crippen LogP contribution is 2.24. The SMILES string of the molecule is COc1cccc(OCCNC(=O)c2ccc(CN(c3ccccc3F)S(C)(=O)=O)cc2)c1. The van der Waals surface area contributed by atoms with Crippen LogP contribution in [-0.2, 0) is 16.6 Å². The molecule has 0 fully saturated rings. The number of rotatable bonds is 10. The summed E-state index contributed by atoms with van der Waals surface area (Å²) in [6, 6.07) is 19.3. The highest BCUT2D eigenvalue weighted by molar-refractivity contribution is 7.92. The molecule has 0 aliphatic heterocycles. The van der Waals surface area contributed by atoms with E-state index in [1.54, 1.807) is 49.6 Å². The number of sulfonamides is 1. The molecule has 0 spiro atoms. The van der Waals surface area contributed by atoms with Crippen LogP contribution >= 0.6 is 0 Å². The van der Waals surface area contributed by atoms with Gasteiger partial charge in [0.05, 0.1) is 32.1 Å². The van der Waals surface area contributed by atoms with Gasteiger partial charge in [-0.05, 0) is 42.0 Å². The summed E-state index contributed by atoms with van der Waals surface area (Å²) in [5.74, 6) is 0.402. The van der Waals surface area contributed by atoms with Gasteiger partial charge in [-0.2, -0.15) is 0 Å². The molecule has 3 aromatic carbocycles. The molecule has 1 amide bonds. The molecule has 0 saturated carbocycles. The number of halogens is 1. The number of nitrogens with one attached hydrogen (secondary N) is 1. The summed E-state index contributed by atoms with van der Waals surface area (Å²) in [5, 5.41) is 2.76. The molecule has 0 heterocycles. The molecule has 0 saturated heterocycles. The molecule has 9 heteroatoms. The molecule has 3 aromatic rings. The fraction of sp³-hybridized carbons (Fsp3) is 0.208. The lowest BCUT2D eigenvalue weighted by molar-refractivity contribution is 0.0947. The molecule has 1 N–H and O–H groups in total. The normalized spacial score (nSPS) is 11.0. The number of carbonyl (C=O) groups excluding carboxylic acids is 1. The Morgan fingerprint density at radius 2 is 1.70 bits per heavy atom. The van der Waals surface area contributed by atoms with Gasteiger partial charge in [0.25, 0.3) is 5.91 Å². The molecule has 174 valence electrons. The lowest BCUT2D eigenvalue weighted by Gasteiger charge is -2.23. The fourth-order valence-corrected chi connectivity index (χ4v) is 3.98. The van der Waals surface area contributed by atoms with Crippen molar-refractivity contribution < 1.29 is 27.1 Å². The van der Waals surface area contributed by atoms with E-state index < -0.39 is 15.8 Å². The van der Waals surface area contributed by atoms with Crippen LogP contribution in [0.15, 0.2) is 72.8 Å². The average Bonchev–Trinajstić information content (AvgIpc) is 2.80. The third-order valence-electron chi connectivity index (χ3n) is 4.76. The summed E-state index contributed by atoms with van der Waals surface area (Å²) in [5.41, 5.74) is 0.997. The molecule has 7 nitrogen and oxygen atoms in total. The van der Waals surface area contributed by atoms with Gasteiger partial charge in [0.2, 0.25) is 10.0 Å². The fourth-order valence-electron chi connectivity index (χ4n) is 3.09. The Hall–Kier alpha value is -3.59. The Morgan fingerprint density at radius 1 is 1.00 bits per heavy atom. The second-order valence-electron chi connectivity index (χ2n) is 7.20. The molecule has 0 aliphatic rings. The maximum atomic E-state index is 14.2. The van der Waals surface area contributed by atoms with Crippen molar-refractivity contribution in [1.82, 2.24) is 5.32 Å². The van der Waals surface area contributed by atoms with E-state index >= 15 is 0 Å². The minimum absolute atomic E-state index is 0.0298. The number of nitrogens with zero attached hydrogens (tertiary/aromatic N) is 1. The van der Waals surface area contributed by atoms with E-state index in [0.29, 0.717) is 29.2 Å². The van der Waals surface area contributed by atoms with E-state index in [1.165, 1.54) is 18.2 Å². The van der Waals surface area contributed by atoms with Crippen LogP contribution in [0.5, 0.6) is 11.5 Å². The van der Waals surface area contributed by atoms with Gasteiger partial charge in [-0.25, -0.2) is 12.8 Å². The van der Waals surface area contributed by atoms with E-state index in [4.69, 9.17) is 9.47 Å². The molecule has 0 unspecified atom stereocenters. The van der Waals surface area contributed by atoms with Gasteiger partial charge in [-0.15, -0.1) is 0 Å². The van der Waals surface area contributed by atoms with Crippen LogP contribution in [0.2, 0.25) is 0 Å². The van der Waals surface area contributed by atoms with Crippen LogP contribution in [0, 0.1) is 5.82 Å². The van der Waals surface area contributed by atoms with Gasteiger partial charge in [-0.1, -0.05) is 30.3 Å². The maximum absolute atomic E-state index is 14.2. The second-order valence-corrected chi connectivity index (χ2v) is 9.11. The summed E-state index contributed by atoms with van der Waals surface area (Å²) in [6.45, 7) is 0.520. The summed E-state index contributed by atoms with van der Waals surface area (Å²) < 4.78 is 50.3. The first kappa shape index (κ1) is 24.1. The van der Waals surface area contributed by atoms with Crippen molar-refractivity contribution in [2.45, 2.75) is 6.54 Å². The quantitative estimate of drug-likeness (QED) is 0.456. The molecular weight excluding hydrogens is 447 g/mol. The zero-order chi connectivity index (χ0) is 23.8. The summed E-state index contributed by atoms with van der Waals surface area (Å²) >= 11 is 0. The molecule has 0 radical (unpaired) electrons.